The molecular formula is C16H22O6. The van der Waals surface area contributed by atoms with Crippen molar-refractivity contribution in [2.45, 2.75) is 44.8 Å². The Hall–Kier alpha value is -1.95. The van der Waals surface area contributed by atoms with E-state index in [9.17, 15) is 15.0 Å². The summed E-state index contributed by atoms with van der Waals surface area (Å²) in [5.74, 6) is -0.458. The van der Waals surface area contributed by atoms with E-state index in [0.29, 0.717) is 24.8 Å². The molecule has 122 valence electrons. The van der Waals surface area contributed by atoms with E-state index in [2.05, 4.69) is 0 Å². The Morgan fingerprint density at radius 1 is 1.41 bits per heavy atom. The number of ether oxygens (including phenoxy) is 3. The molecule has 0 aliphatic carbocycles. The summed E-state index contributed by atoms with van der Waals surface area (Å²) in [6, 6.07) is 1.62. The number of aliphatic hydroxyl groups excluding tert-OH is 1. The van der Waals surface area contributed by atoms with Crippen molar-refractivity contribution in [3.8, 4) is 17.2 Å². The minimum absolute atomic E-state index is 0.0620. The van der Waals surface area contributed by atoms with Crippen LogP contribution in [0.1, 0.15) is 42.1 Å². The molecule has 0 bridgehead atoms. The number of aromatic hydroxyl groups is 1. The van der Waals surface area contributed by atoms with Crippen LogP contribution in [-0.4, -0.2) is 42.6 Å². The Kier molecular flexibility index (Phi) is 5.13. The molecule has 0 saturated carbocycles. The van der Waals surface area contributed by atoms with Crippen molar-refractivity contribution in [2.24, 2.45) is 0 Å². The lowest BCUT2D eigenvalue weighted by Crippen LogP contribution is -2.31. The first-order valence-corrected chi connectivity index (χ1v) is 7.37. The number of aliphatic hydroxyl groups is 1. The fourth-order valence-electron chi connectivity index (χ4n) is 2.80. The molecule has 1 aromatic rings. The molecule has 0 spiro atoms. The van der Waals surface area contributed by atoms with Crippen LogP contribution in [-0.2, 0) is 11.2 Å². The van der Waals surface area contributed by atoms with Crippen molar-refractivity contribution in [3.63, 3.8) is 0 Å². The Labute approximate surface area is 129 Å². The number of hydrogen-bond acceptors (Lipinski definition) is 6. The van der Waals surface area contributed by atoms with Gasteiger partial charge < -0.3 is 24.4 Å². The summed E-state index contributed by atoms with van der Waals surface area (Å²) >= 11 is 0. The molecular weight excluding hydrogens is 288 g/mol. The summed E-state index contributed by atoms with van der Waals surface area (Å²) < 4.78 is 15.6. The van der Waals surface area contributed by atoms with Crippen molar-refractivity contribution in [1.82, 2.24) is 0 Å². The Morgan fingerprint density at radius 2 is 2.14 bits per heavy atom. The zero-order valence-corrected chi connectivity index (χ0v) is 13.1. The van der Waals surface area contributed by atoms with Crippen LogP contribution in [0.5, 0.6) is 17.2 Å². The molecule has 6 nitrogen and oxygen atoms in total. The van der Waals surface area contributed by atoms with Gasteiger partial charge in [-0.1, -0.05) is 13.3 Å². The Bertz CT molecular complexity index is 554. The van der Waals surface area contributed by atoms with E-state index in [0.717, 1.165) is 6.42 Å². The molecule has 2 atom stereocenters. The zero-order chi connectivity index (χ0) is 16.3. The van der Waals surface area contributed by atoms with Crippen molar-refractivity contribution in [1.29, 1.82) is 0 Å². The third-order valence-corrected chi connectivity index (χ3v) is 3.81. The molecule has 0 amide bonds. The maximum absolute atomic E-state index is 12.2. The predicted molar refractivity (Wildman–Crippen MR) is 79.7 cm³/mol. The van der Waals surface area contributed by atoms with Crippen LogP contribution in [0.3, 0.4) is 0 Å². The highest BCUT2D eigenvalue weighted by molar-refractivity contribution is 5.97. The second-order valence-electron chi connectivity index (χ2n) is 5.40. The molecule has 1 heterocycles. The molecule has 0 aromatic heterocycles. The molecule has 1 aliphatic rings. The van der Waals surface area contributed by atoms with Crippen LogP contribution >= 0.6 is 0 Å². The Balaban J connectivity index is 2.32. The molecule has 0 fully saturated rings. The number of rotatable bonds is 6. The lowest BCUT2D eigenvalue weighted by atomic mass is 9.93. The number of methoxy groups -OCH3 is 2. The minimum Gasteiger partial charge on any atom is -0.502 e. The predicted octanol–water partition coefficient (Wildman–Crippen LogP) is 2.04. The standard InChI is InChI=1S/C16H22O6/c1-4-5-10(17)8-11-6-9-7-12(20-2)14(18)15(21-3)13(9)16(19)22-11/h7,10-11,17-18H,4-6,8H2,1-3H3/t10-,11+/m0/s1. The summed E-state index contributed by atoms with van der Waals surface area (Å²) in [6.45, 7) is 1.99. The Morgan fingerprint density at radius 3 is 2.73 bits per heavy atom. The smallest absolute Gasteiger partial charge is 0.342 e. The number of benzene rings is 1. The first-order chi connectivity index (χ1) is 10.5. The third kappa shape index (κ3) is 3.11. The maximum atomic E-state index is 12.2. The van der Waals surface area contributed by atoms with Gasteiger partial charge in [0.1, 0.15) is 11.7 Å². The van der Waals surface area contributed by atoms with Gasteiger partial charge in [0, 0.05) is 12.8 Å². The number of phenolic OH excluding ortho intramolecular Hbond substituents is 1. The molecule has 0 unspecified atom stereocenters. The van der Waals surface area contributed by atoms with Crippen LogP contribution in [0, 0.1) is 0 Å². The highest BCUT2D eigenvalue weighted by Gasteiger charge is 2.33. The van der Waals surface area contributed by atoms with Crippen molar-refractivity contribution >= 4 is 5.97 Å². The van der Waals surface area contributed by atoms with Gasteiger partial charge in [0.15, 0.2) is 11.5 Å². The number of phenols is 1. The number of cyclic esters (lactones) is 1. The molecule has 2 rings (SSSR count). The quantitative estimate of drug-likeness (QED) is 0.782. The number of hydrogen-bond donors (Lipinski definition) is 2. The largest absolute Gasteiger partial charge is 0.502 e. The maximum Gasteiger partial charge on any atom is 0.342 e. The average molecular weight is 310 g/mol. The zero-order valence-electron chi connectivity index (χ0n) is 13.1. The normalized spacial score (nSPS) is 18.4. The van der Waals surface area contributed by atoms with E-state index in [1.807, 2.05) is 6.92 Å². The van der Waals surface area contributed by atoms with Gasteiger partial charge in [-0.25, -0.2) is 4.79 Å². The topological polar surface area (TPSA) is 85.2 Å². The van der Waals surface area contributed by atoms with Gasteiger partial charge in [0.05, 0.1) is 20.3 Å². The summed E-state index contributed by atoms with van der Waals surface area (Å²) in [4.78, 5) is 12.2. The monoisotopic (exact) mass is 310 g/mol. The molecule has 0 radical (unpaired) electrons. The van der Waals surface area contributed by atoms with Crippen LogP contribution in [0.25, 0.3) is 0 Å². The first-order valence-electron chi connectivity index (χ1n) is 7.37. The molecule has 0 saturated heterocycles. The van der Waals surface area contributed by atoms with Crippen molar-refractivity contribution in [3.05, 3.63) is 17.2 Å². The van der Waals surface area contributed by atoms with Crippen molar-refractivity contribution < 1.29 is 29.2 Å². The number of carbonyl (C=O) groups is 1. The van der Waals surface area contributed by atoms with E-state index in [4.69, 9.17) is 14.2 Å². The van der Waals surface area contributed by atoms with Gasteiger partial charge >= 0.3 is 5.97 Å². The van der Waals surface area contributed by atoms with E-state index in [1.54, 1.807) is 6.07 Å². The fourth-order valence-corrected chi connectivity index (χ4v) is 2.80. The first kappa shape index (κ1) is 16.4. The van der Waals surface area contributed by atoms with Crippen molar-refractivity contribution in [2.75, 3.05) is 14.2 Å². The second kappa shape index (κ2) is 6.87. The average Bonchev–Trinajstić information content (AvgIpc) is 2.47. The number of esters is 1. The molecule has 1 aromatic carbocycles. The minimum atomic E-state index is -0.551. The van der Waals surface area contributed by atoms with Gasteiger partial charge in [-0.05, 0) is 18.1 Å². The molecule has 2 N–H and O–H groups in total. The molecule has 1 aliphatic heterocycles. The van der Waals surface area contributed by atoms with Gasteiger partial charge in [0.2, 0.25) is 5.75 Å². The summed E-state index contributed by atoms with van der Waals surface area (Å²) in [5.41, 5.74) is 0.915. The number of carbonyl (C=O) groups excluding carboxylic acids is 1. The van der Waals surface area contributed by atoms with Crippen LogP contribution in [0.2, 0.25) is 0 Å². The third-order valence-electron chi connectivity index (χ3n) is 3.81. The SMILES string of the molecule is CCC[C@H](O)C[C@H]1Cc2cc(OC)c(O)c(OC)c2C(=O)O1. The van der Waals surface area contributed by atoms with E-state index in [1.165, 1.54) is 14.2 Å². The number of fused-ring (bicyclic) bond motifs is 1. The lowest BCUT2D eigenvalue weighted by Gasteiger charge is -2.28. The second-order valence-corrected chi connectivity index (χ2v) is 5.40. The summed E-state index contributed by atoms with van der Waals surface area (Å²) in [5, 5.41) is 19.9. The molecule has 6 heteroatoms. The van der Waals surface area contributed by atoms with E-state index < -0.39 is 12.1 Å². The van der Waals surface area contributed by atoms with Crippen LogP contribution in [0.15, 0.2) is 6.07 Å². The van der Waals surface area contributed by atoms with Gasteiger partial charge in [-0.15, -0.1) is 0 Å². The van der Waals surface area contributed by atoms with E-state index >= 15 is 0 Å². The summed E-state index contributed by atoms with van der Waals surface area (Å²) in [6.07, 6.45) is 1.50. The molecule has 22 heavy (non-hydrogen) atoms. The summed E-state index contributed by atoms with van der Waals surface area (Å²) in [7, 11) is 2.81. The van der Waals surface area contributed by atoms with E-state index in [-0.39, 0.29) is 28.9 Å². The van der Waals surface area contributed by atoms with Gasteiger partial charge in [0.25, 0.3) is 0 Å². The van der Waals surface area contributed by atoms with Gasteiger partial charge in [-0.3, -0.25) is 0 Å². The van der Waals surface area contributed by atoms with Crippen LogP contribution < -0.4 is 9.47 Å². The van der Waals surface area contributed by atoms with Crippen LogP contribution in [0.4, 0.5) is 0 Å². The van der Waals surface area contributed by atoms with Gasteiger partial charge in [-0.2, -0.15) is 0 Å². The lowest BCUT2D eigenvalue weighted by molar-refractivity contribution is 0.00867. The highest BCUT2D eigenvalue weighted by atomic mass is 16.5. The highest BCUT2D eigenvalue weighted by Crippen LogP contribution is 2.43. The fraction of sp³-hybridized carbons (Fsp3) is 0.562.